The zero-order valence-electron chi connectivity index (χ0n) is 11.1. The quantitative estimate of drug-likeness (QED) is 0.787. The van der Waals surface area contributed by atoms with Crippen molar-refractivity contribution in [2.45, 2.75) is 45.8 Å². The first kappa shape index (κ1) is 12.6. The summed E-state index contributed by atoms with van der Waals surface area (Å²) in [4.78, 5) is 2.47. The van der Waals surface area contributed by atoms with Gasteiger partial charge in [-0.1, -0.05) is 5.16 Å². The molecular formula is C13H23N3O. The molecule has 1 aliphatic rings. The summed E-state index contributed by atoms with van der Waals surface area (Å²) < 4.78 is 5.37. The molecule has 1 N–H and O–H groups in total. The van der Waals surface area contributed by atoms with Gasteiger partial charge in [0.2, 0.25) is 0 Å². The van der Waals surface area contributed by atoms with Gasteiger partial charge in [0, 0.05) is 25.2 Å². The maximum Gasteiger partial charge on any atom is 0.151 e. The summed E-state index contributed by atoms with van der Waals surface area (Å²) in [6.45, 7) is 7.33. The van der Waals surface area contributed by atoms with Crippen molar-refractivity contribution in [3.8, 4) is 0 Å². The molecule has 17 heavy (non-hydrogen) atoms. The van der Waals surface area contributed by atoms with Crippen LogP contribution in [0.1, 0.15) is 38.1 Å². The van der Waals surface area contributed by atoms with E-state index in [1.54, 1.807) is 0 Å². The van der Waals surface area contributed by atoms with Crippen molar-refractivity contribution < 1.29 is 4.52 Å². The van der Waals surface area contributed by atoms with E-state index in [1.165, 1.54) is 19.4 Å². The molecule has 0 saturated heterocycles. The number of hydrogen-bond donors (Lipinski definition) is 1. The van der Waals surface area contributed by atoms with Gasteiger partial charge in [-0.05, 0) is 39.7 Å². The Morgan fingerprint density at radius 1 is 1.53 bits per heavy atom. The van der Waals surface area contributed by atoms with Gasteiger partial charge >= 0.3 is 0 Å². The van der Waals surface area contributed by atoms with Crippen molar-refractivity contribution in [2.24, 2.45) is 5.92 Å². The van der Waals surface area contributed by atoms with Crippen LogP contribution in [0.3, 0.4) is 0 Å². The zero-order chi connectivity index (χ0) is 12.3. The average Bonchev–Trinajstić information content (AvgIpc) is 2.99. The van der Waals surface area contributed by atoms with Crippen LogP contribution in [-0.2, 0) is 13.1 Å². The number of aromatic nitrogens is 1. The first-order chi connectivity index (χ1) is 8.19. The Bertz CT molecular complexity index is 344. The van der Waals surface area contributed by atoms with Crippen molar-refractivity contribution in [1.29, 1.82) is 0 Å². The first-order valence-electron chi connectivity index (χ1n) is 6.52. The molecule has 1 heterocycles. The molecule has 0 amide bonds. The third-order valence-electron chi connectivity index (χ3n) is 3.24. The van der Waals surface area contributed by atoms with Crippen molar-refractivity contribution in [1.82, 2.24) is 15.4 Å². The molecule has 4 heteroatoms. The van der Waals surface area contributed by atoms with Gasteiger partial charge < -0.3 is 9.84 Å². The fourth-order valence-electron chi connectivity index (χ4n) is 1.98. The Balaban J connectivity index is 1.90. The van der Waals surface area contributed by atoms with Crippen LogP contribution in [0.4, 0.5) is 0 Å². The number of nitrogens with one attached hydrogen (secondary N) is 1. The normalized spacial score (nSPS) is 16.1. The van der Waals surface area contributed by atoms with Gasteiger partial charge in [-0.15, -0.1) is 0 Å². The van der Waals surface area contributed by atoms with Gasteiger partial charge in [-0.2, -0.15) is 0 Å². The van der Waals surface area contributed by atoms with Crippen LogP contribution in [0, 0.1) is 5.92 Å². The smallest absolute Gasteiger partial charge is 0.151 e. The number of hydrogen-bond acceptors (Lipinski definition) is 4. The van der Waals surface area contributed by atoms with Gasteiger partial charge in [-0.3, -0.25) is 4.90 Å². The summed E-state index contributed by atoms with van der Waals surface area (Å²) >= 11 is 0. The minimum Gasteiger partial charge on any atom is -0.360 e. The third-order valence-corrected chi connectivity index (χ3v) is 3.24. The van der Waals surface area contributed by atoms with Gasteiger partial charge in [-0.25, -0.2) is 0 Å². The first-order valence-corrected chi connectivity index (χ1v) is 6.52. The van der Waals surface area contributed by atoms with E-state index in [2.05, 4.69) is 35.3 Å². The zero-order valence-corrected chi connectivity index (χ0v) is 11.1. The van der Waals surface area contributed by atoms with E-state index in [1.807, 2.05) is 7.05 Å². The fraction of sp³-hybridized carbons (Fsp3) is 0.769. The van der Waals surface area contributed by atoms with E-state index in [9.17, 15) is 0 Å². The van der Waals surface area contributed by atoms with Crippen molar-refractivity contribution >= 4 is 0 Å². The van der Waals surface area contributed by atoms with E-state index in [-0.39, 0.29) is 0 Å². The lowest BCUT2D eigenvalue weighted by molar-refractivity contribution is 0.181. The predicted molar refractivity (Wildman–Crippen MR) is 67.5 cm³/mol. The molecule has 0 radical (unpaired) electrons. The Morgan fingerprint density at radius 3 is 2.88 bits per heavy atom. The second kappa shape index (κ2) is 5.65. The van der Waals surface area contributed by atoms with Crippen LogP contribution in [0.5, 0.6) is 0 Å². The van der Waals surface area contributed by atoms with Crippen molar-refractivity contribution in [2.75, 3.05) is 13.6 Å². The molecule has 2 rings (SSSR count). The van der Waals surface area contributed by atoms with Crippen LogP contribution in [0.25, 0.3) is 0 Å². The van der Waals surface area contributed by atoms with Crippen LogP contribution < -0.4 is 5.32 Å². The minimum atomic E-state index is 0.563. The topological polar surface area (TPSA) is 41.3 Å². The van der Waals surface area contributed by atoms with Crippen LogP contribution in [-0.4, -0.2) is 29.7 Å². The van der Waals surface area contributed by atoms with E-state index in [0.29, 0.717) is 6.04 Å². The molecule has 0 aromatic carbocycles. The lowest BCUT2D eigenvalue weighted by Gasteiger charge is -2.24. The van der Waals surface area contributed by atoms with Gasteiger partial charge in [0.25, 0.3) is 0 Å². The van der Waals surface area contributed by atoms with Gasteiger partial charge in [0.1, 0.15) is 0 Å². The Morgan fingerprint density at radius 2 is 2.29 bits per heavy atom. The average molecular weight is 237 g/mol. The summed E-state index contributed by atoms with van der Waals surface area (Å²) in [6.07, 6.45) is 2.79. The summed E-state index contributed by atoms with van der Waals surface area (Å²) in [7, 11) is 1.92. The van der Waals surface area contributed by atoms with Gasteiger partial charge in [0.15, 0.2) is 5.76 Å². The third kappa shape index (κ3) is 3.82. The summed E-state index contributed by atoms with van der Waals surface area (Å²) in [5.41, 5.74) is 0.984. The van der Waals surface area contributed by atoms with Crippen molar-refractivity contribution in [3.05, 3.63) is 17.5 Å². The lowest BCUT2D eigenvalue weighted by atomic mass is 10.2. The van der Waals surface area contributed by atoms with Gasteiger partial charge in [0.05, 0.1) is 12.2 Å². The largest absolute Gasteiger partial charge is 0.360 e. The second-order valence-electron chi connectivity index (χ2n) is 5.28. The Kier molecular flexibility index (Phi) is 4.18. The van der Waals surface area contributed by atoms with Crippen molar-refractivity contribution in [3.63, 3.8) is 0 Å². The molecule has 0 aliphatic heterocycles. The molecule has 0 atom stereocenters. The second-order valence-corrected chi connectivity index (χ2v) is 5.28. The maximum atomic E-state index is 5.37. The van der Waals surface area contributed by atoms with E-state index in [4.69, 9.17) is 4.52 Å². The standard InChI is InChI=1S/C13H23N3O/c1-10(2)16(8-11-4-5-11)9-13-6-12(7-14-3)15-17-13/h6,10-11,14H,4-5,7-9H2,1-3H3. The summed E-state index contributed by atoms with van der Waals surface area (Å²) in [5, 5.41) is 7.13. The highest BCUT2D eigenvalue weighted by Gasteiger charge is 2.26. The molecule has 4 nitrogen and oxygen atoms in total. The molecule has 1 aliphatic carbocycles. The molecular weight excluding hydrogens is 214 g/mol. The Hall–Kier alpha value is -0.870. The summed E-state index contributed by atoms with van der Waals surface area (Å²) in [6, 6.07) is 2.62. The number of rotatable bonds is 7. The van der Waals surface area contributed by atoms with E-state index < -0.39 is 0 Å². The number of nitrogens with zero attached hydrogens (tertiary/aromatic N) is 2. The van der Waals surface area contributed by atoms with Crippen LogP contribution in [0.2, 0.25) is 0 Å². The highest BCUT2D eigenvalue weighted by Crippen LogP contribution is 2.30. The molecule has 1 aromatic heterocycles. The molecule has 0 bridgehead atoms. The van der Waals surface area contributed by atoms with Crippen LogP contribution in [0.15, 0.2) is 10.6 Å². The van der Waals surface area contributed by atoms with Crippen LogP contribution >= 0.6 is 0 Å². The molecule has 1 fully saturated rings. The fourth-order valence-corrected chi connectivity index (χ4v) is 1.98. The van der Waals surface area contributed by atoms with E-state index in [0.717, 1.165) is 30.5 Å². The lowest BCUT2D eigenvalue weighted by Crippen LogP contribution is -2.32. The summed E-state index contributed by atoms with van der Waals surface area (Å²) in [5.74, 6) is 1.89. The molecule has 1 aromatic rings. The monoisotopic (exact) mass is 237 g/mol. The molecule has 0 unspecified atom stereocenters. The minimum absolute atomic E-state index is 0.563. The predicted octanol–water partition coefficient (Wildman–Crippen LogP) is 2.01. The maximum absolute atomic E-state index is 5.37. The molecule has 96 valence electrons. The van der Waals surface area contributed by atoms with E-state index >= 15 is 0 Å². The highest BCUT2D eigenvalue weighted by molar-refractivity contribution is 5.05. The SMILES string of the molecule is CNCc1cc(CN(CC2CC2)C(C)C)on1. The molecule has 1 saturated carbocycles. The Labute approximate surface area is 103 Å². The molecule has 0 spiro atoms. The highest BCUT2D eigenvalue weighted by atomic mass is 16.5.